The SMILES string of the molecule is O=[N+]([O-])c1cnc2ccc(OCc3ccccc3)cc2c1S. The maximum absolute atomic E-state index is 10.9. The zero-order chi connectivity index (χ0) is 15.5. The van der Waals surface area contributed by atoms with Crippen molar-refractivity contribution in [1.29, 1.82) is 0 Å². The third-order valence-corrected chi connectivity index (χ3v) is 3.71. The normalized spacial score (nSPS) is 10.6. The van der Waals surface area contributed by atoms with Crippen LogP contribution in [0.15, 0.2) is 59.6 Å². The van der Waals surface area contributed by atoms with Gasteiger partial charge in [-0.05, 0) is 23.8 Å². The largest absolute Gasteiger partial charge is 0.489 e. The summed E-state index contributed by atoms with van der Waals surface area (Å²) in [4.78, 5) is 14.8. The van der Waals surface area contributed by atoms with Crippen LogP contribution in [-0.2, 0) is 6.61 Å². The summed E-state index contributed by atoms with van der Waals surface area (Å²) in [5.41, 5.74) is 1.57. The standard InChI is InChI=1S/C16H12N2O3S/c19-18(20)15-9-17-14-7-6-12(8-13(14)16(15)22)21-10-11-4-2-1-3-5-11/h1-9H,10H2,(H,17,22). The molecule has 0 radical (unpaired) electrons. The Kier molecular flexibility index (Phi) is 3.93. The van der Waals surface area contributed by atoms with Crippen LogP contribution in [0.5, 0.6) is 5.75 Å². The van der Waals surface area contributed by atoms with Gasteiger partial charge in [-0.2, -0.15) is 0 Å². The van der Waals surface area contributed by atoms with Gasteiger partial charge in [0.1, 0.15) is 18.6 Å². The topological polar surface area (TPSA) is 65.3 Å². The molecule has 6 heteroatoms. The van der Waals surface area contributed by atoms with E-state index in [0.717, 1.165) is 5.56 Å². The predicted molar refractivity (Wildman–Crippen MR) is 86.4 cm³/mol. The molecular weight excluding hydrogens is 300 g/mol. The first-order chi connectivity index (χ1) is 10.6. The highest BCUT2D eigenvalue weighted by molar-refractivity contribution is 7.80. The van der Waals surface area contributed by atoms with Gasteiger partial charge in [0.25, 0.3) is 0 Å². The van der Waals surface area contributed by atoms with E-state index in [4.69, 9.17) is 4.74 Å². The third-order valence-electron chi connectivity index (χ3n) is 3.24. The van der Waals surface area contributed by atoms with Crippen LogP contribution >= 0.6 is 12.6 Å². The maximum atomic E-state index is 10.9. The van der Waals surface area contributed by atoms with E-state index >= 15 is 0 Å². The molecule has 0 fully saturated rings. The maximum Gasteiger partial charge on any atom is 0.301 e. The lowest BCUT2D eigenvalue weighted by Gasteiger charge is -2.08. The molecule has 3 aromatic rings. The van der Waals surface area contributed by atoms with Crippen molar-refractivity contribution in [3.63, 3.8) is 0 Å². The van der Waals surface area contributed by atoms with Crippen LogP contribution in [0.2, 0.25) is 0 Å². The summed E-state index contributed by atoms with van der Waals surface area (Å²) in [6, 6.07) is 15.0. The van der Waals surface area contributed by atoms with Crippen molar-refractivity contribution in [2.75, 3.05) is 0 Å². The van der Waals surface area contributed by atoms with Gasteiger partial charge in [0.05, 0.1) is 15.3 Å². The van der Waals surface area contributed by atoms with Crippen LogP contribution in [0, 0.1) is 10.1 Å². The number of aromatic nitrogens is 1. The van der Waals surface area contributed by atoms with E-state index in [-0.39, 0.29) is 5.69 Å². The van der Waals surface area contributed by atoms with Gasteiger partial charge in [-0.25, -0.2) is 4.98 Å². The lowest BCUT2D eigenvalue weighted by molar-refractivity contribution is -0.387. The number of nitrogens with zero attached hydrogens (tertiary/aromatic N) is 2. The van der Waals surface area contributed by atoms with E-state index in [2.05, 4.69) is 17.6 Å². The van der Waals surface area contributed by atoms with E-state index < -0.39 is 4.92 Å². The summed E-state index contributed by atoms with van der Waals surface area (Å²) in [6.07, 6.45) is 1.22. The number of rotatable bonds is 4. The monoisotopic (exact) mass is 312 g/mol. The summed E-state index contributed by atoms with van der Waals surface area (Å²) in [7, 11) is 0. The van der Waals surface area contributed by atoms with Gasteiger partial charge >= 0.3 is 5.69 Å². The molecule has 0 atom stereocenters. The number of thiol groups is 1. The Morgan fingerprint density at radius 3 is 2.68 bits per heavy atom. The van der Waals surface area contributed by atoms with Gasteiger partial charge in [-0.1, -0.05) is 30.3 Å². The fraction of sp³-hybridized carbons (Fsp3) is 0.0625. The van der Waals surface area contributed by atoms with Crippen LogP contribution < -0.4 is 4.74 Å². The Morgan fingerprint density at radius 2 is 1.95 bits per heavy atom. The van der Waals surface area contributed by atoms with Crippen molar-refractivity contribution in [1.82, 2.24) is 4.98 Å². The van der Waals surface area contributed by atoms with Crippen molar-refractivity contribution in [2.45, 2.75) is 11.5 Å². The van der Waals surface area contributed by atoms with Crippen LogP contribution in [0.4, 0.5) is 5.69 Å². The molecule has 0 spiro atoms. The fourth-order valence-electron chi connectivity index (χ4n) is 2.11. The number of hydrogen-bond acceptors (Lipinski definition) is 5. The summed E-state index contributed by atoms with van der Waals surface area (Å²) in [6.45, 7) is 0.427. The molecule has 0 saturated carbocycles. The number of benzene rings is 2. The smallest absolute Gasteiger partial charge is 0.301 e. The molecule has 0 aliphatic rings. The van der Waals surface area contributed by atoms with Crippen LogP contribution in [-0.4, -0.2) is 9.91 Å². The molecule has 110 valence electrons. The second kappa shape index (κ2) is 6.03. The van der Waals surface area contributed by atoms with Crippen molar-refractivity contribution >= 4 is 29.2 Å². The van der Waals surface area contributed by atoms with E-state index in [1.165, 1.54) is 6.20 Å². The quantitative estimate of drug-likeness (QED) is 0.449. The summed E-state index contributed by atoms with van der Waals surface area (Å²) in [5, 5.41) is 11.5. The van der Waals surface area contributed by atoms with Crippen molar-refractivity contribution in [3.05, 3.63) is 70.4 Å². The van der Waals surface area contributed by atoms with Gasteiger partial charge in [0.15, 0.2) is 0 Å². The molecule has 0 N–H and O–H groups in total. The second-order valence-corrected chi connectivity index (χ2v) is 5.15. The molecule has 0 aliphatic carbocycles. The second-order valence-electron chi connectivity index (χ2n) is 4.70. The highest BCUT2D eigenvalue weighted by Crippen LogP contribution is 2.31. The molecule has 0 amide bonds. The van der Waals surface area contributed by atoms with Crippen LogP contribution in [0.3, 0.4) is 0 Å². The van der Waals surface area contributed by atoms with Crippen molar-refractivity contribution < 1.29 is 9.66 Å². The lowest BCUT2D eigenvalue weighted by Crippen LogP contribution is -1.96. The average Bonchev–Trinajstić information content (AvgIpc) is 2.54. The minimum atomic E-state index is -0.494. The molecule has 0 aliphatic heterocycles. The van der Waals surface area contributed by atoms with Gasteiger partial charge in [-0.15, -0.1) is 12.6 Å². The minimum Gasteiger partial charge on any atom is -0.489 e. The molecule has 3 rings (SSSR count). The highest BCUT2D eigenvalue weighted by atomic mass is 32.1. The molecular formula is C16H12N2O3S. The first-order valence-electron chi connectivity index (χ1n) is 6.58. The zero-order valence-corrected chi connectivity index (χ0v) is 12.4. The van der Waals surface area contributed by atoms with E-state index in [9.17, 15) is 10.1 Å². The molecule has 22 heavy (non-hydrogen) atoms. The van der Waals surface area contributed by atoms with Gasteiger partial charge in [0.2, 0.25) is 0 Å². The minimum absolute atomic E-state index is 0.115. The summed E-state index contributed by atoms with van der Waals surface area (Å²) >= 11 is 4.25. The number of ether oxygens (including phenoxy) is 1. The third kappa shape index (κ3) is 2.87. The Bertz CT molecular complexity index is 837. The molecule has 0 unspecified atom stereocenters. The molecule has 0 bridgehead atoms. The lowest BCUT2D eigenvalue weighted by atomic mass is 10.2. The van der Waals surface area contributed by atoms with Crippen LogP contribution in [0.25, 0.3) is 10.9 Å². The number of hydrogen-bond donors (Lipinski definition) is 1. The first-order valence-corrected chi connectivity index (χ1v) is 7.03. The Balaban J connectivity index is 1.91. The van der Waals surface area contributed by atoms with E-state index in [1.54, 1.807) is 18.2 Å². The highest BCUT2D eigenvalue weighted by Gasteiger charge is 2.15. The summed E-state index contributed by atoms with van der Waals surface area (Å²) in [5.74, 6) is 0.619. The molecule has 1 heterocycles. The van der Waals surface area contributed by atoms with Gasteiger partial charge < -0.3 is 4.74 Å². The first kappa shape index (κ1) is 14.3. The number of pyridine rings is 1. The molecule has 5 nitrogen and oxygen atoms in total. The van der Waals surface area contributed by atoms with E-state index in [1.807, 2.05) is 30.3 Å². The molecule has 2 aromatic carbocycles. The van der Waals surface area contributed by atoms with Gasteiger partial charge in [0, 0.05) is 5.39 Å². The average molecular weight is 312 g/mol. The van der Waals surface area contributed by atoms with Gasteiger partial charge in [-0.3, -0.25) is 10.1 Å². The number of fused-ring (bicyclic) bond motifs is 1. The van der Waals surface area contributed by atoms with Crippen molar-refractivity contribution in [3.8, 4) is 5.75 Å². The molecule has 0 saturated heterocycles. The van der Waals surface area contributed by atoms with Crippen molar-refractivity contribution in [2.24, 2.45) is 0 Å². The fourth-order valence-corrected chi connectivity index (χ4v) is 2.43. The molecule has 1 aromatic heterocycles. The predicted octanol–water partition coefficient (Wildman–Crippen LogP) is 4.01. The summed E-state index contributed by atoms with van der Waals surface area (Å²) < 4.78 is 5.72. The van der Waals surface area contributed by atoms with Crippen LogP contribution in [0.1, 0.15) is 5.56 Å². The zero-order valence-electron chi connectivity index (χ0n) is 11.5. The Morgan fingerprint density at radius 1 is 1.18 bits per heavy atom. The Labute approximate surface area is 132 Å². The Hall–Kier alpha value is -2.60. The number of nitro groups is 1. The van der Waals surface area contributed by atoms with E-state index in [0.29, 0.717) is 28.2 Å².